The molecular weight excluding hydrogens is 458 g/mol. The maximum Gasteiger partial charge on any atom is 0.328 e. The second-order valence-electron chi connectivity index (χ2n) is 8.13. The van der Waals surface area contributed by atoms with E-state index in [9.17, 15) is 18.0 Å². The molecule has 2 aromatic carbocycles. The van der Waals surface area contributed by atoms with E-state index >= 15 is 0 Å². The maximum absolute atomic E-state index is 13.0. The highest BCUT2D eigenvalue weighted by Gasteiger charge is 2.25. The molecule has 180 valence electrons. The average Bonchev–Trinajstić information content (AvgIpc) is 3.52. The third kappa shape index (κ3) is 5.46. The van der Waals surface area contributed by atoms with E-state index in [1.165, 1.54) is 31.4 Å². The predicted molar refractivity (Wildman–Crippen MR) is 126 cm³/mol. The highest BCUT2D eigenvalue weighted by molar-refractivity contribution is 7.89. The van der Waals surface area contributed by atoms with Crippen LogP contribution in [0.2, 0.25) is 0 Å². The molecule has 2 heterocycles. The van der Waals surface area contributed by atoms with Crippen molar-refractivity contribution < 1.29 is 27.5 Å². The molecule has 1 saturated heterocycles. The Morgan fingerprint density at radius 2 is 2.03 bits per heavy atom. The number of esters is 1. The summed E-state index contributed by atoms with van der Waals surface area (Å²) in [4.78, 5) is 28.5. The fourth-order valence-electron chi connectivity index (χ4n) is 3.99. The van der Waals surface area contributed by atoms with E-state index in [4.69, 9.17) is 9.47 Å². The fourth-order valence-corrected chi connectivity index (χ4v) is 5.11. The third-order valence-electron chi connectivity index (χ3n) is 5.82. The van der Waals surface area contributed by atoms with Crippen LogP contribution in [0, 0.1) is 0 Å². The summed E-state index contributed by atoms with van der Waals surface area (Å²) < 4.78 is 38.3. The smallest absolute Gasteiger partial charge is 0.328 e. The third-order valence-corrected chi connectivity index (χ3v) is 7.24. The Labute approximate surface area is 197 Å². The van der Waals surface area contributed by atoms with Crippen molar-refractivity contribution >= 4 is 32.8 Å². The van der Waals surface area contributed by atoms with E-state index in [1.807, 2.05) is 24.3 Å². The van der Waals surface area contributed by atoms with E-state index in [0.717, 1.165) is 29.3 Å². The lowest BCUT2D eigenvalue weighted by Crippen LogP contribution is -2.43. The number of fused-ring (bicyclic) bond motifs is 1. The number of methoxy groups -OCH3 is 1. The summed E-state index contributed by atoms with van der Waals surface area (Å²) in [6, 6.07) is 12.4. The van der Waals surface area contributed by atoms with Crippen LogP contribution in [0.1, 0.15) is 28.8 Å². The topological polar surface area (TPSA) is 127 Å². The first-order valence-corrected chi connectivity index (χ1v) is 12.5. The van der Waals surface area contributed by atoms with Gasteiger partial charge < -0.3 is 19.8 Å². The summed E-state index contributed by atoms with van der Waals surface area (Å²) >= 11 is 0. The number of aromatic amines is 1. The van der Waals surface area contributed by atoms with E-state index in [2.05, 4.69) is 15.0 Å². The van der Waals surface area contributed by atoms with E-state index in [0.29, 0.717) is 6.61 Å². The molecule has 0 bridgehead atoms. The zero-order valence-electron chi connectivity index (χ0n) is 18.7. The van der Waals surface area contributed by atoms with Crippen molar-refractivity contribution in [2.75, 3.05) is 20.3 Å². The number of aromatic nitrogens is 1. The van der Waals surface area contributed by atoms with Gasteiger partial charge in [-0.2, -0.15) is 0 Å². The van der Waals surface area contributed by atoms with Gasteiger partial charge in [0.1, 0.15) is 6.04 Å². The van der Waals surface area contributed by atoms with E-state index < -0.39 is 27.9 Å². The summed E-state index contributed by atoms with van der Waals surface area (Å²) in [5, 5.41) is 3.62. The molecule has 0 saturated carbocycles. The first kappa shape index (κ1) is 23.9. The predicted octanol–water partition coefficient (Wildman–Crippen LogP) is 2.14. The minimum atomic E-state index is -3.82. The molecule has 1 unspecified atom stereocenters. The SMILES string of the molecule is COC(=O)[C@@H](Cc1c[nH]c2ccccc12)NC(=O)c1cccc(S(=O)(=O)NCC2CCCO2)c1. The number of sulfonamides is 1. The fraction of sp³-hybridized carbons (Fsp3) is 0.333. The highest BCUT2D eigenvalue weighted by atomic mass is 32.2. The van der Waals surface area contributed by atoms with Crippen LogP contribution in [-0.2, 0) is 30.7 Å². The number of carbonyl (C=O) groups is 2. The molecule has 4 rings (SSSR count). The molecule has 3 N–H and O–H groups in total. The standard InChI is InChI=1S/C24H27N3O6S/c1-32-24(29)22(13-17-14-25-21-10-3-2-9-20(17)21)27-23(28)16-6-4-8-19(12-16)34(30,31)26-15-18-7-5-11-33-18/h2-4,6,8-10,12,14,18,22,25-26H,5,7,11,13,15H2,1H3,(H,27,28)/t18?,22-/m1/s1. The van der Waals surface area contributed by atoms with Gasteiger partial charge in [-0.1, -0.05) is 24.3 Å². The van der Waals surface area contributed by atoms with Gasteiger partial charge in [-0.3, -0.25) is 4.79 Å². The van der Waals surface area contributed by atoms with Crippen LogP contribution >= 0.6 is 0 Å². The maximum atomic E-state index is 13.0. The molecule has 1 fully saturated rings. The van der Waals surface area contributed by atoms with Crippen LogP contribution in [-0.4, -0.2) is 57.7 Å². The normalized spacial score (nSPS) is 16.9. The van der Waals surface area contributed by atoms with Crippen LogP contribution in [0.4, 0.5) is 0 Å². The summed E-state index contributed by atoms with van der Waals surface area (Å²) in [5.74, 6) is -1.17. The summed E-state index contributed by atoms with van der Waals surface area (Å²) in [6.45, 7) is 0.801. The molecule has 0 aliphatic carbocycles. The zero-order chi connectivity index (χ0) is 24.1. The number of hydrogen-bond donors (Lipinski definition) is 3. The molecule has 1 aromatic heterocycles. The number of rotatable bonds is 9. The van der Waals surface area contributed by atoms with Crippen molar-refractivity contribution in [1.29, 1.82) is 0 Å². The van der Waals surface area contributed by atoms with Crippen molar-refractivity contribution in [3.63, 3.8) is 0 Å². The Morgan fingerprint density at radius 1 is 1.21 bits per heavy atom. The van der Waals surface area contributed by atoms with Gasteiger partial charge in [0.15, 0.2) is 0 Å². The number of amides is 1. The van der Waals surface area contributed by atoms with Gasteiger partial charge >= 0.3 is 5.97 Å². The Morgan fingerprint density at radius 3 is 2.79 bits per heavy atom. The molecule has 0 spiro atoms. The summed E-state index contributed by atoms with van der Waals surface area (Å²) in [5.41, 5.74) is 1.88. The van der Waals surface area contributed by atoms with E-state index in [-0.39, 0.29) is 29.5 Å². The number of para-hydroxylation sites is 1. The molecule has 34 heavy (non-hydrogen) atoms. The van der Waals surface area contributed by atoms with Gasteiger partial charge in [0.25, 0.3) is 5.91 Å². The second kappa shape index (κ2) is 10.4. The van der Waals surface area contributed by atoms with Gasteiger partial charge in [-0.25, -0.2) is 17.9 Å². The molecule has 1 aliphatic heterocycles. The van der Waals surface area contributed by atoms with Gasteiger partial charge in [0.2, 0.25) is 10.0 Å². The number of benzene rings is 2. The minimum Gasteiger partial charge on any atom is -0.467 e. The molecule has 0 radical (unpaired) electrons. The van der Waals surface area contributed by atoms with Crippen LogP contribution in [0.3, 0.4) is 0 Å². The quantitative estimate of drug-likeness (QED) is 0.399. The molecule has 1 amide bonds. The number of hydrogen-bond acceptors (Lipinski definition) is 6. The molecule has 10 heteroatoms. The lowest BCUT2D eigenvalue weighted by atomic mass is 10.0. The molecule has 2 atom stereocenters. The largest absolute Gasteiger partial charge is 0.467 e. The first-order chi connectivity index (χ1) is 16.4. The van der Waals surface area contributed by atoms with Crippen LogP contribution in [0.25, 0.3) is 10.9 Å². The van der Waals surface area contributed by atoms with Crippen LogP contribution in [0.15, 0.2) is 59.6 Å². The van der Waals surface area contributed by atoms with Crippen molar-refractivity contribution in [1.82, 2.24) is 15.0 Å². The Hall–Kier alpha value is -3.21. The lowest BCUT2D eigenvalue weighted by molar-refractivity contribution is -0.142. The van der Waals surface area contributed by atoms with Crippen molar-refractivity contribution in [2.24, 2.45) is 0 Å². The van der Waals surface area contributed by atoms with Crippen LogP contribution in [0.5, 0.6) is 0 Å². The van der Waals surface area contributed by atoms with Gasteiger partial charge in [-0.05, 0) is 42.7 Å². The summed E-state index contributed by atoms with van der Waals surface area (Å²) in [7, 11) is -2.57. The summed E-state index contributed by atoms with van der Waals surface area (Å²) in [6.07, 6.45) is 3.56. The number of nitrogens with one attached hydrogen (secondary N) is 3. The Bertz CT molecular complexity index is 1280. The minimum absolute atomic E-state index is 0.0376. The Kier molecular flexibility index (Phi) is 7.30. The van der Waals surface area contributed by atoms with Crippen molar-refractivity contribution in [3.05, 3.63) is 65.9 Å². The van der Waals surface area contributed by atoms with Crippen LogP contribution < -0.4 is 10.0 Å². The molecule has 3 aromatic rings. The lowest BCUT2D eigenvalue weighted by Gasteiger charge is -2.17. The zero-order valence-corrected chi connectivity index (χ0v) is 19.6. The number of H-pyrrole nitrogens is 1. The average molecular weight is 486 g/mol. The van der Waals surface area contributed by atoms with Gasteiger partial charge in [0.05, 0.1) is 18.1 Å². The highest BCUT2D eigenvalue weighted by Crippen LogP contribution is 2.20. The second-order valence-corrected chi connectivity index (χ2v) is 9.89. The van der Waals surface area contributed by atoms with Crippen molar-refractivity contribution in [2.45, 2.75) is 36.3 Å². The monoisotopic (exact) mass is 485 g/mol. The first-order valence-electron chi connectivity index (χ1n) is 11.0. The number of ether oxygens (including phenoxy) is 2. The number of carbonyl (C=O) groups excluding carboxylic acids is 2. The van der Waals surface area contributed by atoms with Gasteiger partial charge in [-0.15, -0.1) is 0 Å². The van der Waals surface area contributed by atoms with Gasteiger partial charge in [0, 0.05) is 42.2 Å². The molecule has 1 aliphatic rings. The van der Waals surface area contributed by atoms with Crippen molar-refractivity contribution in [3.8, 4) is 0 Å². The molecular formula is C24H27N3O6S. The van der Waals surface area contributed by atoms with E-state index in [1.54, 1.807) is 6.20 Å². The Balaban J connectivity index is 1.48. The molecule has 9 nitrogen and oxygen atoms in total.